The molecular weight excluding hydrogens is 356 g/mol. The van der Waals surface area contributed by atoms with E-state index in [0.29, 0.717) is 30.0 Å². The Morgan fingerprint density at radius 2 is 2.07 bits per heavy atom. The van der Waals surface area contributed by atoms with Crippen molar-refractivity contribution >= 4 is 17.5 Å². The third-order valence-electron chi connectivity index (χ3n) is 5.10. The zero-order valence-electron chi connectivity index (χ0n) is 16.1. The van der Waals surface area contributed by atoms with Gasteiger partial charge in [0.05, 0.1) is 11.6 Å². The van der Waals surface area contributed by atoms with Gasteiger partial charge >= 0.3 is 0 Å². The van der Waals surface area contributed by atoms with E-state index in [1.807, 2.05) is 48.9 Å². The Morgan fingerprint density at radius 3 is 2.82 bits per heavy atom. The molecule has 0 saturated heterocycles. The van der Waals surface area contributed by atoms with E-state index in [4.69, 9.17) is 0 Å². The van der Waals surface area contributed by atoms with E-state index in [-0.39, 0.29) is 17.7 Å². The lowest BCUT2D eigenvalue weighted by Crippen LogP contribution is -2.28. The van der Waals surface area contributed by atoms with Gasteiger partial charge in [0.25, 0.3) is 5.91 Å². The van der Waals surface area contributed by atoms with Crippen LogP contribution in [-0.4, -0.2) is 37.7 Å². The number of fused-ring (bicyclic) bond motifs is 1. The van der Waals surface area contributed by atoms with Crippen molar-refractivity contribution in [3.63, 3.8) is 0 Å². The number of rotatable bonds is 5. The molecule has 1 unspecified atom stereocenters. The molecule has 1 aromatic carbocycles. The van der Waals surface area contributed by atoms with Gasteiger partial charge in [0.2, 0.25) is 5.91 Å². The number of anilines is 1. The fourth-order valence-corrected chi connectivity index (χ4v) is 3.77. The van der Waals surface area contributed by atoms with Crippen molar-refractivity contribution in [2.75, 3.05) is 11.9 Å². The summed E-state index contributed by atoms with van der Waals surface area (Å²) in [6.45, 7) is 4.08. The van der Waals surface area contributed by atoms with Gasteiger partial charge in [-0.05, 0) is 31.9 Å². The van der Waals surface area contributed by atoms with Crippen LogP contribution in [0, 0.1) is 13.8 Å². The Balaban J connectivity index is 1.50. The highest BCUT2D eigenvalue weighted by Gasteiger charge is 2.30. The number of hydrogen-bond donors (Lipinski definition) is 2. The molecule has 0 radical (unpaired) electrons. The smallest absolute Gasteiger partial charge is 0.256 e. The number of carbonyl (C=O) groups excluding carboxylic acids is 2. The van der Waals surface area contributed by atoms with E-state index in [2.05, 4.69) is 20.7 Å². The van der Waals surface area contributed by atoms with Crippen molar-refractivity contribution < 1.29 is 9.59 Å². The molecule has 1 aliphatic rings. The zero-order chi connectivity index (χ0) is 19.8. The number of imidazole rings is 1. The highest BCUT2D eigenvalue weighted by molar-refractivity contribution is 6.03. The molecule has 8 heteroatoms. The summed E-state index contributed by atoms with van der Waals surface area (Å²) in [5.41, 5.74) is 2.99. The number of nitrogens with one attached hydrogen (secondary N) is 2. The van der Waals surface area contributed by atoms with Gasteiger partial charge < -0.3 is 10.6 Å². The minimum absolute atomic E-state index is 0.0252. The molecular formula is C20H22N6O2. The van der Waals surface area contributed by atoms with Crippen molar-refractivity contribution in [2.45, 2.75) is 26.2 Å². The summed E-state index contributed by atoms with van der Waals surface area (Å²) < 4.78 is 3.52. The molecule has 28 heavy (non-hydrogen) atoms. The first kappa shape index (κ1) is 18.0. The van der Waals surface area contributed by atoms with Gasteiger partial charge in [0.15, 0.2) is 0 Å². The highest BCUT2D eigenvalue weighted by atomic mass is 16.2. The topological polar surface area (TPSA) is 93.8 Å². The zero-order valence-corrected chi connectivity index (χ0v) is 16.1. The lowest BCUT2D eigenvalue weighted by Gasteiger charge is -2.12. The fraction of sp³-hybridized carbons (Fsp3) is 0.300. The van der Waals surface area contributed by atoms with Crippen LogP contribution in [0.1, 0.15) is 39.8 Å². The minimum atomic E-state index is -0.248. The van der Waals surface area contributed by atoms with Crippen LogP contribution in [0.15, 0.2) is 36.7 Å². The van der Waals surface area contributed by atoms with E-state index in [0.717, 1.165) is 17.1 Å². The Kier molecular flexibility index (Phi) is 4.46. The molecule has 4 rings (SSSR count). The van der Waals surface area contributed by atoms with E-state index >= 15 is 0 Å². The molecule has 0 saturated carbocycles. The molecule has 1 atom stereocenters. The van der Waals surface area contributed by atoms with Crippen LogP contribution >= 0.6 is 0 Å². The van der Waals surface area contributed by atoms with Crippen LogP contribution in [0.25, 0.3) is 5.82 Å². The number of aromatic nitrogens is 4. The van der Waals surface area contributed by atoms with Gasteiger partial charge in [0.1, 0.15) is 17.2 Å². The van der Waals surface area contributed by atoms with E-state index in [1.165, 1.54) is 0 Å². The van der Waals surface area contributed by atoms with Crippen molar-refractivity contribution in [2.24, 2.45) is 7.05 Å². The summed E-state index contributed by atoms with van der Waals surface area (Å²) in [5, 5.41) is 10.2. The van der Waals surface area contributed by atoms with Gasteiger partial charge in [-0.1, -0.05) is 18.2 Å². The second kappa shape index (κ2) is 6.95. The predicted molar refractivity (Wildman–Crippen MR) is 105 cm³/mol. The van der Waals surface area contributed by atoms with Crippen molar-refractivity contribution in [1.29, 1.82) is 0 Å². The number of amides is 2. The average Bonchev–Trinajstić information content (AvgIpc) is 3.30. The van der Waals surface area contributed by atoms with Gasteiger partial charge in [-0.3, -0.25) is 18.8 Å². The predicted octanol–water partition coefficient (Wildman–Crippen LogP) is 2.08. The standard InChI is InChI=1S/C20H22N6O2/c1-12-17(20(25(3)24-12)26-11-10-21-13(26)2)19(28)22-9-8-15-14-6-4-5-7-16(14)23-18(15)27/h4-7,10-11,15H,8-9H2,1-3H3,(H,22,28)(H,23,27). The number of carbonyl (C=O) groups is 2. The van der Waals surface area contributed by atoms with Crippen molar-refractivity contribution in [1.82, 2.24) is 24.6 Å². The first-order valence-electron chi connectivity index (χ1n) is 9.19. The Morgan fingerprint density at radius 1 is 1.29 bits per heavy atom. The molecule has 3 heterocycles. The second-order valence-corrected chi connectivity index (χ2v) is 6.93. The summed E-state index contributed by atoms with van der Waals surface area (Å²) in [5.74, 6) is 0.968. The van der Waals surface area contributed by atoms with Crippen LogP contribution in [0.3, 0.4) is 0 Å². The van der Waals surface area contributed by atoms with Crippen molar-refractivity contribution in [3.05, 3.63) is 59.3 Å². The number of nitrogens with zero attached hydrogens (tertiary/aromatic N) is 4. The molecule has 0 fully saturated rings. The molecule has 144 valence electrons. The van der Waals surface area contributed by atoms with Gasteiger partial charge in [-0.2, -0.15) is 5.10 Å². The maximum Gasteiger partial charge on any atom is 0.256 e. The maximum absolute atomic E-state index is 12.9. The van der Waals surface area contributed by atoms with Crippen molar-refractivity contribution in [3.8, 4) is 5.82 Å². The average molecular weight is 378 g/mol. The number of para-hydroxylation sites is 1. The van der Waals surface area contributed by atoms with Crippen LogP contribution in [-0.2, 0) is 11.8 Å². The molecule has 2 amide bonds. The number of hydrogen-bond acceptors (Lipinski definition) is 4. The quantitative estimate of drug-likeness (QED) is 0.711. The molecule has 3 aromatic rings. The largest absolute Gasteiger partial charge is 0.352 e. The minimum Gasteiger partial charge on any atom is -0.352 e. The van der Waals surface area contributed by atoms with E-state index < -0.39 is 0 Å². The molecule has 0 aliphatic carbocycles. The molecule has 2 N–H and O–H groups in total. The summed E-state index contributed by atoms with van der Waals surface area (Å²) >= 11 is 0. The van der Waals surface area contributed by atoms with Gasteiger partial charge in [-0.25, -0.2) is 4.98 Å². The third-order valence-corrected chi connectivity index (χ3v) is 5.10. The van der Waals surface area contributed by atoms with E-state index in [1.54, 1.807) is 17.9 Å². The second-order valence-electron chi connectivity index (χ2n) is 6.93. The number of benzene rings is 1. The number of aryl methyl sites for hydroxylation is 3. The molecule has 1 aliphatic heterocycles. The summed E-state index contributed by atoms with van der Waals surface area (Å²) in [6, 6.07) is 7.66. The van der Waals surface area contributed by atoms with Crippen LogP contribution in [0.4, 0.5) is 5.69 Å². The Hall–Kier alpha value is -3.42. The SMILES string of the molecule is Cc1nn(C)c(-n2ccnc2C)c1C(=O)NCCC1C(=O)Nc2ccccc21. The molecule has 8 nitrogen and oxygen atoms in total. The van der Waals surface area contributed by atoms with E-state index in [9.17, 15) is 9.59 Å². The van der Waals surface area contributed by atoms with Crippen LogP contribution in [0.2, 0.25) is 0 Å². The maximum atomic E-state index is 12.9. The lowest BCUT2D eigenvalue weighted by atomic mass is 9.97. The normalized spacial score (nSPS) is 15.4. The van der Waals surface area contributed by atoms with Crippen LogP contribution < -0.4 is 10.6 Å². The molecule has 0 spiro atoms. The monoisotopic (exact) mass is 378 g/mol. The summed E-state index contributed by atoms with van der Waals surface area (Å²) in [4.78, 5) is 29.4. The summed E-state index contributed by atoms with van der Waals surface area (Å²) in [7, 11) is 1.80. The van der Waals surface area contributed by atoms with Gasteiger partial charge in [-0.15, -0.1) is 0 Å². The van der Waals surface area contributed by atoms with Crippen LogP contribution in [0.5, 0.6) is 0 Å². The summed E-state index contributed by atoms with van der Waals surface area (Å²) in [6.07, 6.45) is 4.03. The van der Waals surface area contributed by atoms with Gasteiger partial charge in [0, 0.05) is 31.7 Å². The lowest BCUT2D eigenvalue weighted by molar-refractivity contribution is -0.117. The first-order chi connectivity index (χ1) is 13.5. The fourth-order valence-electron chi connectivity index (χ4n) is 3.77. The molecule has 2 aromatic heterocycles. The Labute approximate surface area is 162 Å². The molecule has 0 bridgehead atoms. The highest BCUT2D eigenvalue weighted by Crippen LogP contribution is 2.34. The third kappa shape index (κ3) is 2.96. The Bertz CT molecular complexity index is 1060. The first-order valence-corrected chi connectivity index (χ1v) is 9.19.